The van der Waals surface area contributed by atoms with Crippen molar-refractivity contribution < 1.29 is 23.5 Å². The van der Waals surface area contributed by atoms with Gasteiger partial charge in [0.15, 0.2) is 5.82 Å². The fourth-order valence-electron chi connectivity index (χ4n) is 4.65. The van der Waals surface area contributed by atoms with Crippen molar-refractivity contribution in [2.75, 3.05) is 5.06 Å². The second-order valence-electron chi connectivity index (χ2n) is 8.24. The van der Waals surface area contributed by atoms with Gasteiger partial charge in [-0.1, -0.05) is 12.8 Å². The lowest BCUT2D eigenvalue weighted by atomic mass is 9.81. The number of primary amides is 1. The van der Waals surface area contributed by atoms with Crippen molar-refractivity contribution in [3.63, 3.8) is 0 Å². The smallest absolute Gasteiger partial charge is 0.341 e. The minimum absolute atomic E-state index is 0.0140. The Bertz CT molecular complexity index is 833. The first-order valence-corrected chi connectivity index (χ1v) is 10.1. The minimum Gasteiger partial charge on any atom is -0.385 e. The van der Waals surface area contributed by atoms with Crippen molar-refractivity contribution in [3.8, 4) is 0 Å². The number of carbonyl (C=O) groups excluding carboxylic acids is 1. The molecule has 29 heavy (non-hydrogen) atoms. The first-order chi connectivity index (χ1) is 13.8. The maximum absolute atomic E-state index is 13.6. The lowest BCUT2D eigenvalue weighted by Gasteiger charge is -2.30. The van der Waals surface area contributed by atoms with Gasteiger partial charge in [0.25, 0.3) is 0 Å². The monoisotopic (exact) mass is 408 g/mol. The molecule has 2 heterocycles. The Labute approximate surface area is 167 Å². The van der Waals surface area contributed by atoms with Crippen LogP contribution in [0, 0.1) is 5.92 Å². The van der Waals surface area contributed by atoms with Crippen LogP contribution in [0.5, 0.6) is 0 Å². The molecule has 158 valence electrons. The maximum Gasteiger partial charge on any atom is 0.341 e. The lowest BCUT2D eigenvalue weighted by molar-refractivity contribution is -0.0459. The highest BCUT2D eigenvalue weighted by atomic mass is 19.3. The predicted molar refractivity (Wildman–Crippen MR) is 102 cm³/mol. The molecule has 0 bridgehead atoms. The molecule has 2 saturated carbocycles. The quantitative estimate of drug-likeness (QED) is 0.792. The molecule has 7 nitrogen and oxygen atoms in total. The number of hydroxylamine groups is 1. The summed E-state index contributed by atoms with van der Waals surface area (Å²) in [5.74, 6) is -2.32. The van der Waals surface area contributed by atoms with Crippen LogP contribution in [0.4, 0.5) is 19.4 Å². The van der Waals surface area contributed by atoms with Crippen molar-refractivity contribution in [2.45, 2.75) is 69.3 Å². The SMILES string of the molecule is NC(=O)n1nc(CC2CCC(F)(F)CC2)c(C2(O)CCCC2)c1N1C=CC=CO1. The zero-order valence-corrected chi connectivity index (χ0v) is 16.2. The van der Waals surface area contributed by atoms with Crippen LogP contribution in [0.3, 0.4) is 0 Å². The molecule has 0 spiro atoms. The number of nitrogens with two attached hydrogens (primary N) is 1. The number of hydrogen-bond acceptors (Lipinski definition) is 5. The Hall–Kier alpha value is -2.42. The summed E-state index contributed by atoms with van der Waals surface area (Å²) in [7, 11) is 0. The van der Waals surface area contributed by atoms with Crippen LogP contribution >= 0.6 is 0 Å². The fourth-order valence-corrected chi connectivity index (χ4v) is 4.65. The molecule has 3 N–H and O–H groups in total. The van der Waals surface area contributed by atoms with E-state index in [1.807, 2.05) is 0 Å². The summed E-state index contributed by atoms with van der Waals surface area (Å²) >= 11 is 0. The van der Waals surface area contributed by atoms with Gasteiger partial charge < -0.3 is 15.7 Å². The molecular weight excluding hydrogens is 382 g/mol. The number of allylic oxidation sites excluding steroid dienone is 2. The third-order valence-electron chi connectivity index (χ3n) is 6.15. The van der Waals surface area contributed by atoms with E-state index in [1.54, 1.807) is 18.4 Å². The van der Waals surface area contributed by atoms with E-state index in [-0.39, 0.29) is 24.6 Å². The van der Waals surface area contributed by atoms with Crippen molar-refractivity contribution in [1.29, 1.82) is 0 Å². The normalized spacial score (nSPS) is 23.3. The number of rotatable bonds is 4. The average Bonchev–Trinajstić information content (AvgIpc) is 3.29. The Balaban J connectivity index is 1.75. The van der Waals surface area contributed by atoms with Crippen LogP contribution in [-0.2, 0) is 16.9 Å². The number of anilines is 1. The topological polar surface area (TPSA) is 93.6 Å². The van der Waals surface area contributed by atoms with E-state index in [2.05, 4.69) is 5.10 Å². The van der Waals surface area contributed by atoms with Crippen LogP contribution in [0.2, 0.25) is 0 Å². The highest BCUT2D eigenvalue weighted by Crippen LogP contribution is 2.46. The molecule has 0 atom stereocenters. The number of hydrogen-bond donors (Lipinski definition) is 2. The van der Waals surface area contributed by atoms with Gasteiger partial charge in [0.05, 0.1) is 16.9 Å². The van der Waals surface area contributed by atoms with Gasteiger partial charge in [-0.15, -0.1) is 0 Å². The van der Waals surface area contributed by atoms with E-state index in [4.69, 9.17) is 10.6 Å². The molecule has 3 aliphatic rings. The van der Waals surface area contributed by atoms with Gasteiger partial charge in [-0.2, -0.15) is 14.8 Å². The van der Waals surface area contributed by atoms with Gasteiger partial charge in [-0.3, -0.25) is 0 Å². The number of aliphatic hydroxyl groups is 1. The second kappa shape index (κ2) is 7.44. The van der Waals surface area contributed by atoms with Crippen LogP contribution in [0.1, 0.15) is 62.6 Å². The van der Waals surface area contributed by atoms with Crippen LogP contribution in [0.25, 0.3) is 0 Å². The zero-order valence-electron chi connectivity index (χ0n) is 16.2. The number of nitrogens with zero attached hydrogens (tertiary/aromatic N) is 3. The van der Waals surface area contributed by atoms with E-state index in [0.29, 0.717) is 43.4 Å². The Morgan fingerprint density at radius 2 is 1.93 bits per heavy atom. The number of amides is 1. The lowest BCUT2D eigenvalue weighted by Crippen LogP contribution is -2.31. The molecule has 0 unspecified atom stereocenters. The maximum atomic E-state index is 13.6. The van der Waals surface area contributed by atoms with Gasteiger partial charge in [-0.05, 0) is 50.2 Å². The molecule has 0 radical (unpaired) electrons. The molecule has 1 aromatic heterocycles. The second-order valence-corrected chi connectivity index (χ2v) is 8.24. The number of alkyl halides is 2. The van der Waals surface area contributed by atoms with Gasteiger partial charge in [0.2, 0.25) is 5.92 Å². The average molecular weight is 408 g/mol. The van der Waals surface area contributed by atoms with Crippen molar-refractivity contribution in [2.24, 2.45) is 11.7 Å². The Morgan fingerprint density at radius 3 is 2.52 bits per heavy atom. The van der Waals surface area contributed by atoms with E-state index in [1.165, 1.54) is 11.3 Å². The van der Waals surface area contributed by atoms with Crippen LogP contribution in [-0.4, -0.2) is 26.8 Å². The van der Waals surface area contributed by atoms with E-state index in [0.717, 1.165) is 17.5 Å². The van der Waals surface area contributed by atoms with E-state index >= 15 is 0 Å². The van der Waals surface area contributed by atoms with Crippen LogP contribution in [0.15, 0.2) is 24.6 Å². The highest BCUT2D eigenvalue weighted by Gasteiger charge is 2.43. The van der Waals surface area contributed by atoms with E-state index in [9.17, 15) is 18.7 Å². The summed E-state index contributed by atoms with van der Waals surface area (Å²) in [5.41, 5.74) is 5.46. The molecule has 1 aromatic rings. The molecule has 2 aliphatic carbocycles. The molecule has 0 aromatic carbocycles. The van der Waals surface area contributed by atoms with Gasteiger partial charge in [0, 0.05) is 19.0 Å². The summed E-state index contributed by atoms with van der Waals surface area (Å²) in [6.07, 6.45) is 10.1. The van der Waals surface area contributed by atoms with Gasteiger partial charge in [0.1, 0.15) is 6.26 Å². The summed E-state index contributed by atoms with van der Waals surface area (Å²) in [6, 6.07) is -0.796. The summed E-state index contributed by atoms with van der Waals surface area (Å²) in [5, 5.41) is 17.2. The molecule has 4 rings (SSSR count). The standard InChI is InChI=1S/C20H26F2N4O3/c21-20(22)9-5-14(6-10-20)13-15-16(19(28)7-1-2-8-19)17(26(24-15)18(23)27)25-11-3-4-12-29-25/h3-4,11-12,14,28H,1-2,5-10,13H2,(H2,23,27). The first kappa shape index (κ1) is 19.9. The number of aromatic nitrogens is 2. The highest BCUT2D eigenvalue weighted by molar-refractivity contribution is 5.79. The molecule has 1 amide bonds. The number of carbonyl (C=O) groups is 1. The van der Waals surface area contributed by atoms with Crippen molar-refractivity contribution in [3.05, 3.63) is 35.9 Å². The predicted octanol–water partition coefficient (Wildman–Crippen LogP) is 3.72. The van der Waals surface area contributed by atoms with Crippen LogP contribution < -0.4 is 10.8 Å². The van der Waals surface area contributed by atoms with E-state index < -0.39 is 17.6 Å². The zero-order chi connectivity index (χ0) is 20.6. The largest absolute Gasteiger partial charge is 0.385 e. The van der Waals surface area contributed by atoms with Crippen molar-refractivity contribution in [1.82, 2.24) is 9.78 Å². The fraction of sp³-hybridized carbons (Fsp3) is 0.600. The molecule has 0 saturated heterocycles. The molecular formula is C20H26F2N4O3. The van der Waals surface area contributed by atoms with Gasteiger partial charge >= 0.3 is 6.03 Å². The first-order valence-electron chi connectivity index (χ1n) is 10.1. The minimum atomic E-state index is -2.61. The number of halogens is 2. The Kier molecular flexibility index (Phi) is 5.10. The molecule has 1 aliphatic heterocycles. The summed E-state index contributed by atoms with van der Waals surface area (Å²) < 4.78 is 28.2. The van der Waals surface area contributed by atoms with Crippen molar-refractivity contribution >= 4 is 11.8 Å². The molecule has 9 heteroatoms. The third kappa shape index (κ3) is 3.88. The Morgan fingerprint density at radius 1 is 1.24 bits per heavy atom. The molecule has 2 fully saturated rings. The third-order valence-corrected chi connectivity index (χ3v) is 6.15. The van der Waals surface area contributed by atoms with Gasteiger partial charge in [-0.25, -0.2) is 13.6 Å². The summed E-state index contributed by atoms with van der Waals surface area (Å²) in [4.78, 5) is 17.7. The summed E-state index contributed by atoms with van der Waals surface area (Å²) in [6.45, 7) is 0.